The van der Waals surface area contributed by atoms with E-state index >= 15 is 0 Å². The molecule has 1 unspecified atom stereocenters. The Labute approximate surface area is 146 Å². The van der Waals surface area contributed by atoms with E-state index in [4.69, 9.17) is 0 Å². The van der Waals surface area contributed by atoms with Crippen molar-refractivity contribution in [2.45, 2.75) is 38.4 Å². The Morgan fingerprint density at radius 1 is 1.33 bits per heavy atom. The van der Waals surface area contributed by atoms with E-state index < -0.39 is 0 Å². The van der Waals surface area contributed by atoms with Crippen LogP contribution in [0.2, 0.25) is 0 Å². The van der Waals surface area contributed by atoms with Gasteiger partial charge < -0.3 is 9.47 Å². The Morgan fingerprint density at radius 2 is 2.12 bits per heavy atom. The number of piperidine rings is 1. The molecule has 1 fully saturated rings. The lowest BCUT2D eigenvalue weighted by Crippen LogP contribution is -2.40. The molecule has 1 aliphatic heterocycles. The van der Waals surface area contributed by atoms with E-state index in [9.17, 15) is 4.79 Å². The van der Waals surface area contributed by atoms with Gasteiger partial charge in [-0.25, -0.2) is 0 Å². The Kier molecular flexibility index (Phi) is 5.50. The van der Waals surface area contributed by atoms with Gasteiger partial charge in [-0.2, -0.15) is 0 Å². The third-order valence-corrected chi connectivity index (χ3v) is 5.26. The predicted molar refractivity (Wildman–Crippen MR) is 94.6 cm³/mol. The van der Waals surface area contributed by atoms with Crippen LogP contribution < -0.4 is 0 Å². The van der Waals surface area contributed by atoms with Crippen LogP contribution >= 0.6 is 11.8 Å². The van der Waals surface area contributed by atoms with Crippen molar-refractivity contribution in [2.24, 2.45) is 5.92 Å². The Balaban J connectivity index is 1.67. The van der Waals surface area contributed by atoms with Crippen molar-refractivity contribution in [3.63, 3.8) is 0 Å². The molecule has 2 aromatic rings. The van der Waals surface area contributed by atoms with Gasteiger partial charge in [0, 0.05) is 37.6 Å². The van der Waals surface area contributed by atoms with Crippen LogP contribution in [0, 0.1) is 5.92 Å². The number of thioether (sulfide) groups is 1. The lowest BCUT2D eigenvalue weighted by Gasteiger charge is -2.30. The van der Waals surface area contributed by atoms with Crippen molar-refractivity contribution in [3.05, 3.63) is 24.5 Å². The number of likely N-dealkylation sites (tertiary alicyclic amines) is 1. The second-order valence-electron chi connectivity index (χ2n) is 6.16. The van der Waals surface area contributed by atoms with Crippen molar-refractivity contribution in [1.82, 2.24) is 24.6 Å². The molecular weight excluding hydrogens is 322 g/mol. The number of nitrogens with zero attached hydrogens (tertiary/aromatic N) is 5. The Morgan fingerprint density at radius 3 is 2.83 bits per heavy atom. The molecule has 0 aliphatic carbocycles. The number of carbonyl (C=O) groups is 1. The molecule has 0 bridgehead atoms. The summed E-state index contributed by atoms with van der Waals surface area (Å²) >= 11 is 1.47. The van der Waals surface area contributed by atoms with E-state index in [1.165, 1.54) is 18.2 Å². The second kappa shape index (κ2) is 7.79. The minimum absolute atomic E-state index is 0.197. The van der Waals surface area contributed by atoms with E-state index in [1.54, 1.807) is 12.4 Å². The van der Waals surface area contributed by atoms with E-state index in [0.29, 0.717) is 11.7 Å². The number of amides is 1. The molecular formula is C17H23N5OS. The molecule has 1 amide bonds. The lowest BCUT2D eigenvalue weighted by molar-refractivity contribution is -0.130. The van der Waals surface area contributed by atoms with E-state index in [0.717, 1.165) is 42.6 Å². The summed E-state index contributed by atoms with van der Waals surface area (Å²) in [5.74, 6) is 2.04. The first-order valence-corrected chi connectivity index (χ1v) is 9.41. The van der Waals surface area contributed by atoms with Gasteiger partial charge >= 0.3 is 0 Å². The van der Waals surface area contributed by atoms with Gasteiger partial charge in [0.15, 0.2) is 11.0 Å². The number of carbonyl (C=O) groups excluding carboxylic acids is 1. The molecule has 128 valence electrons. The van der Waals surface area contributed by atoms with Gasteiger partial charge in [-0.15, -0.1) is 10.2 Å². The molecule has 0 aromatic carbocycles. The van der Waals surface area contributed by atoms with E-state index in [2.05, 4.69) is 29.0 Å². The summed E-state index contributed by atoms with van der Waals surface area (Å²) in [6.45, 7) is 6.80. The van der Waals surface area contributed by atoms with Crippen molar-refractivity contribution < 1.29 is 4.79 Å². The molecule has 0 spiro atoms. The SMILES string of the molecule is CCn1c(SCC(=O)N2CCCC(C)C2)nnc1-c1ccncc1. The molecule has 0 radical (unpaired) electrons. The summed E-state index contributed by atoms with van der Waals surface area (Å²) in [5.41, 5.74) is 0.988. The molecule has 1 saturated heterocycles. The highest BCUT2D eigenvalue weighted by Gasteiger charge is 2.22. The first-order chi connectivity index (χ1) is 11.7. The van der Waals surface area contributed by atoms with Gasteiger partial charge in [0.05, 0.1) is 5.75 Å². The maximum Gasteiger partial charge on any atom is 0.233 e. The third-order valence-electron chi connectivity index (χ3n) is 4.31. The van der Waals surface area contributed by atoms with Crippen LogP contribution in [0.1, 0.15) is 26.7 Å². The lowest BCUT2D eigenvalue weighted by atomic mass is 10.0. The van der Waals surface area contributed by atoms with Crippen LogP contribution in [-0.2, 0) is 11.3 Å². The Bertz CT molecular complexity index is 688. The zero-order valence-electron chi connectivity index (χ0n) is 14.2. The summed E-state index contributed by atoms with van der Waals surface area (Å²) in [6.07, 6.45) is 5.82. The number of aromatic nitrogens is 4. The standard InChI is InChI=1S/C17H23N5OS/c1-3-22-16(14-6-8-18-9-7-14)19-20-17(22)24-12-15(23)21-10-4-5-13(2)11-21/h6-9,13H,3-5,10-12H2,1-2H3. The van der Waals surface area contributed by atoms with Crippen LogP contribution in [0.25, 0.3) is 11.4 Å². The smallest absolute Gasteiger partial charge is 0.233 e. The van der Waals surface area contributed by atoms with Crippen molar-refractivity contribution >= 4 is 17.7 Å². The fourth-order valence-corrected chi connectivity index (χ4v) is 3.93. The summed E-state index contributed by atoms with van der Waals surface area (Å²) in [7, 11) is 0. The molecule has 24 heavy (non-hydrogen) atoms. The van der Waals surface area contributed by atoms with Crippen LogP contribution in [0.4, 0.5) is 0 Å². The topological polar surface area (TPSA) is 63.9 Å². The number of rotatable bonds is 5. The zero-order valence-corrected chi connectivity index (χ0v) is 15.0. The minimum atomic E-state index is 0.197. The summed E-state index contributed by atoms with van der Waals surface area (Å²) in [5, 5.41) is 9.37. The minimum Gasteiger partial charge on any atom is -0.342 e. The second-order valence-corrected chi connectivity index (χ2v) is 7.10. The average molecular weight is 345 g/mol. The highest BCUT2D eigenvalue weighted by molar-refractivity contribution is 7.99. The molecule has 0 N–H and O–H groups in total. The highest BCUT2D eigenvalue weighted by atomic mass is 32.2. The van der Waals surface area contributed by atoms with Gasteiger partial charge in [0.2, 0.25) is 5.91 Å². The third kappa shape index (κ3) is 3.77. The van der Waals surface area contributed by atoms with E-state index in [-0.39, 0.29) is 5.91 Å². The van der Waals surface area contributed by atoms with Crippen LogP contribution in [0.5, 0.6) is 0 Å². The maximum absolute atomic E-state index is 12.4. The average Bonchev–Trinajstić information content (AvgIpc) is 3.03. The summed E-state index contributed by atoms with van der Waals surface area (Å²) in [6, 6.07) is 3.84. The number of pyridine rings is 1. The fourth-order valence-electron chi connectivity index (χ4n) is 3.03. The van der Waals surface area contributed by atoms with Crippen LogP contribution in [0.15, 0.2) is 29.7 Å². The molecule has 1 aliphatic rings. The van der Waals surface area contributed by atoms with Crippen molar-refractivity contribution in [3.8, 4) is 11.4 Å². The predicted octanol–water partition coefficient (Wildman–Crippen LogP) is 2.71. The molecule has 3 rings (SSSR count). The van der Waals surface area contributed by atoms with Crippen molar-refractivity contribution in [2.75, 3.05) is 18.8 Å². The quantitative estimate of drug-likeness (QED) is 0.780. The van der Waals surface area contributed by atoms with Gasteiger partial charge in [0.1, 0.15) is 0 Å². The van der Waals surface area contributed by atoms with Crippen LogP contribution in [0.3, 0.4) is 0 Å². The van der Waals surface area contributed by atoms with Crippen molar-refractivity contribution in [1.29, 1.82) is 0 Å². The molecule has 1 atom stereocenters. The van der Waals surface area contributed by atoms with Gasteiger partial charge in [-0.05, 0) is 37.8 Å². The number of hydrogen-bond acceptors (Lipinski definition) is 5. The summed E-state index contributed by atoms with van der Waals surface area (Å²) in [4.78, 5) is 18.5. The summed E-state index contributed by atoms with van der Waals surface area (Å²) < 4.78 is 2.05. The molecule has 3 heterocycles. The molecule has 7 heteroatoms. The molecule has 6 nitrogen and oxygen atoms in total. The number of hydrogen-bond donors (Lipinski definition) is 0. The molecule has 2 aromatic heterocycles. The van der Waals surface area contributed by atoms with Crippen LogP contribution in [-0.4, -0.2) is 49.4 Å². The normalized spacial score (nSPS) is 17.9. The first-order valence-electron chi connectivity index (χ1n) is 8.43. The van der Waals surface area contributed by atoms with Gasteiger partial charge in [-0.1, -0.05) is 18.7 Å². The largest absolute Gasteiger partial charge is 0.342 e. The highest BCUT2D eigenvalue weighted by Crippen LogP contribution is 2.24. The fraction of sp³-hybridized carbons (Fsp3) is 0.529. The van der Waals surface area contributed by atoms with Gasteiger partial charge in [0.25, 0.3) is 0 Å². The van der Waals surface area contributed by atoms with E-state index in [1.807, 2.05) is 21.6 Å². The monoisotopic (exact) mass is 345 g/mol. The maximum atomic E-state index is 12.4. The zero-order chi connectivity index (χ0) is 16.9. The van der Waals surface area contributed by atoms with Gasteiger partial charge in [-0.3, -0.25) is 9.78 Å². The Hall–Kier alpha value is -1.89. The molecule has 0 saturated carbocycles. The first kappa shape index (κ1) is 17.0.